The number of nitrogens with one attached hydrogen (secondary N) is 1. The zero-order valence-electron chi connectivity index (χ0n) is 19.0. The van der Waals surface area contributed by atoms with Crippen molar-refractivity contribution in [1.82, 2.24) is 14.6 Å². The van der Waals surface area contributed by atoms with Gasteiger partial charge in [-0.05, 0) is 30.2 Å². The number of benzene rings is 2. The molecule has 0 saturated carbocycles. The zero-order valence-corrected chi connectivity index (χ0v) is 19.0. The Hall–Kier alpha value is -4.14. The summed E-state index contributed by atoms with van der Waals surface area (Å²) in [6.07, 6.45) is 0.431. The average Bonchev–Trinajstić information content (AvgIpc) is 3.27. The number of hydrogen-bond donors (Lipinski definition) is 2. The Balaban J connectivity index is 1.73. The van der Waals surface area contributed by atoms with Crippen LogP contribution in [0.25, 0.3) is 0 Å². The van der Waals surface area contributed by atoms with Crippen molar-refractivity contribution in [3.05, 3.63) is 92.1 Å². The maximum atomic E-state index is 12.7. The van der Waals surface area contributed by atoms with Crippen LogP contribution in [0.15, 0.2) is 69.3 Å². The van der Waals surface area contributed by atoms with Gasteiger partial charge in [-0.3, -0.25) is 19.1 Å². The van der Waals surface area contributed by atoms with Crippen molar-refractivity contribution in [2.45, 2.75) is 39.3 Å². The van der Waals surface area contributed by atoms with E-state index in [1.54, 1.807) is 6.92 Å². The number of hydrogen-bond acceptors (Lipinski definition) is 6. The summed E-state index contributed by atoms with van der Waals surface area (Å²) in [5.74, 6) is 0.0100. The molecular weight excluding hydrogens is 436 g/mol. The molecule has 1 aromatic heterocycles. The first-order valence-electron chi connectivity index (χ1n) is 11.2. The highest BCUT2D eigenvalue weighted by molar-refractivity contribution is 6.04. The van der Waals surface area contributed by atoms with Crippen LogP contribution in [0.2, 0.25) is 0 Å². The van der Waals surface area contributed by atoms with E-state index in [1.807, 2.05) is 61.5 Å². The number of H-pyrrole nitrogens is 1. The predicted octanol–water partition coefficient (Wildman–Crippen LogP) is 2.78. The molecular formula is C25H26N4O5. The lowest BCUT2D eigenvalue weighted by Crippen LogP contribution is -2.34. The number of nitrogens with zero attached hydrogens (tertiary/aromatic N) is 3. The zero-order chi connectivity index (χ0) is 24.2. The largest absolute Gasteiger partial charge is 0.494 e. The summed E-state index contributed by atoms with van der Waals surface area (Å²) in [4.78, 5) is 40.1. The fourth-order valence-corrected chi connectivity index (χ4v) is 4.00. The third kappa shape index (κ3) is 4.50. The highest BCUT2D eigenvalue weighted by atomic mass is 16.5. The minimum atomic E-state index is -0.748. The van der Waals surface area contributed by atoms with Crippen molar-refractivity contribution in [3.63, 3.8) is 0 Å². The number of aromatic nitrogens is 2. The molecule has 3 aromatic rings. The lowest BCUT2D eigenvalue weighted by atomic mass is 9.99. The summed E-state index contributed by atoms with van der Waals surface area (Å²) in [7, 11) is 0. The number of aromatic amines is 1. The first-order valence-corrected chi connectivity index (χ1v) is 11.2. The molecule has 2 aromatic carbocycles. The molecule has 4 rings (SSSR count). The van der Waals surface area contributed by atoms with E-state index in [4.69, 9.17) is 4.74 Å². The molecule has 9 heteroatoms. The molecule has 0 bridgehead atoms. The van der Waals surface area contributed by atoms with Crippen LogP contribution in [0, 0.1) is 0 Å². The van der Waals surface area contributed by atoms with Gasteiger partial charge >= 0.3 is 5.69 Å². The van der Waals surface area contributed by atoms with Gasteiger partial charge in [0, 0.05) is 12.8 Å². The van der Waals surface area contributed by atoms with Crippen molar-refractivity contribution in [2.75, 3.05) is 6.61 Å². The van der Waals surface area contributed by atoms with Crippen molar-refractivity contribution in [1.29, 1.82) is 0 Å². The van der Waals surface area contributed by atoms with E-state index in [1.165, 1.54) is 5.01 Å². The molecule has 9 nitrogen and oxygen atoms in total. The predicted molar refractivity (Wildman–Crippen MR) is 127 cm³/mol. The van der Waals surface area contributed by atoms with Crippen molar-refractivity contribution < 1.29 is 14.6 Å². The first kappa shape index (κ1) is 23.0. The van der Waals surface area contributed by atoms with Crippen molar-refractivity contribution in [3.8, 4) is 11.6 Å². The number of carbonyl (C=O) groups is 1. The molecule has 176 valence electrons. The standard InChI is InChI=1S/C25H26N4O5/c1-3-21(30)29-20(17-10-12-18(13-11-17)34-4-2)14-19(27-29)22-23(31)26-25(33)28(24(22)32)15-16-8-6-5-7-9-16/h5-13,20,32H,3-4,14-15H2,1-2H3,(H,26,31,33)/t20-/m1/s1. The van der Waals surface area contributed by atoms with Crippen molar-refractivity contribution in [2.24, 2.45) is 5.10 Å². The molecule has 0 fully saturated rings. The van der Waals surface area contributed by atoms with Gasteiger partial charge in [-0.15, -0.1) is 0 Å². The summed E-state index contributed by atoms with van der Waals surface area (Å²) in [5, 5.41) is 16.7. The van der Waals surface area contributed by atoms with Gasteiger partial charge in [-0.25, -0.2) is 9.80 Å². The molecule has 0 radical (unpaired) electrons. The van der Waals surface area contributed by atoms with E-state index in [2.05, 4.69) is 10.1 Å². The Kier molecular flexibility index (Phi) is 6.62. The summed E-state index contributed by atoms with van der Waals surface area (Å²) in [6, 6.07) is 16.0. The SMILES string of the molecule is CCOc1ccc([C@H]2CC(c3c(O)n(Cc4ccccc4)c(=O)[nH]c3=O)=NN2C(=O)CC)cc1. The fraction of sp³-hybridized carbons (Fsp3) is 0.280. The highest BCUT2D eigenvalue weighted by Gasteiger charge is 2.35. The molecule has 2 heterocycles. The second kappa shape index (κ2) is 9.78. The van der Waals surface area contributed by atoms with Gasteiger partial charge in [0.1, 0.15) is 11.3 Å². The summed E-state index contributed by atoms with van der Waals surface area (Å²) in [6.45, 7) is 4.24. The fourth-order valence-electron chi connectivity index (χ4n) is 4.00. The third-order valence-electron chi connectivity index (χ3n) is 5.69. The van der Waals surface area contributed by atoms with Gasteiger partial charge in [0.2, 0.25) is 11.8 Å². The molecule has 0 spiro atoms. The summed E-state index contributed by atoms with van der Waals surface area (Å²) in [5.41, 5.74) is 0.248. The van der Waals surface area contributed by atoms with Crippen LogP contribution in [0.5, 0.6) is 11.6 Å². The lowest BCUT2D eigenvalue weighted by Gasteiger charge is -2.21. The Morgan fingerprint density at radius 1 is 1.12 bits per heavy atom. The van der Waals surface area contributed by atoms with E-state index >= 15 is 0 Å². The normalized spacial score (nSPS) is 15.3. The second-order valence-electron chi connectivity index (χ2n) is 7.89. The maximum Gasteiger partial charge on any atom is 0.331 e. The van der Waals surface area contributed by atoms with E-state index < -0.39 is 23.2 Å². The quantitative estimate of drug-likeness (QED) is 0.560. The smallest absolute Gasteiger partial charge is 0.331 e. The van der Waals surface area contributed by atoms with Gasteiger partial charge in [-0.1, -0.05) is 49.4 Å². The van der Waals surface area contributed by atoms with E-state index in [0.29, 0.717) is 12.4 Å². The van der Waals surface area contributed by atoms with Crippen LogP contribution in [-0.2, 0) is 11.3 Å². The monoisotopic (exact) mass is 462 g/mol. The van der Waals surface area contributed by atoms with Crippen LogP contribution in [0.4, 0.5) is 0 Å². The molecule has 0 unspecified atom stereocenters. The molecule has 1 aliphatic rings. The minimum absolute atomic E-state index is 0.0719. The Morgan fingerprint density at radius 3 is 2.47 bits per heavy atom. The van der Waals surface area contributed by atoms with Gasteiger partial charge in [-0.2, -0.15) is 5.10 Å². The van der Waals surface area contributed by atoms with Crippen LogP contribution in [0.1, 0.15) is 49.4 Å². The van der Waals surface area contributed by atoms with Crippen LogP contribution < -0.4 is 16.0 Å². The lowest BCUT2D eigenvalue weighted by molar-refractivity contribution is -0.132. The first-order chi connectivity index (χ1) is 16.4. The molecule has 2 N–H and O–H groups in total. The maximum absolute atomic E-state index is 12.7. The molecule has 0 aliphatic carbocycles. The van der Waals surface area contributed by atoms with Crippen molar-refractivity contribution >= 4 is 11.6 Å². The number of rotatable bonds is 7. The van der Waals surface area contributed by atoms with Crippen LogP contribution in [-0.4, -0.2) is 37.9 Å². The van der Waals surface area contributed by atoms with E-state index in [-0.39, 0.29) is 36.6 Å². The number of aromatic hydroxyl groups is 1. The molecule has 1 amide bonds. The van der Waals surface area contributed by atoms with Gasteiger partial charge < -0.3 is 9.84 Å². The number of amides is 1. The Labute approximate surface area is 195 Å². The number of carbonyl (C=O) groups excluding carboxylic acids is 1. The van der Waals surface area contributed by atoms with Crippen LogP contribution >= 0.6 is 0 Å². The third-order valence-corrected chi connectivity index (χ3v) is 5.69. The molecule has 1 aliphatic heterocycles. The second-order valence-corrected chi connectivity index (χ2v) is 7.89. The highest BCUT2D eigenvalue weighted by Crippen LogP contribution is 2.34. The minimum Gasteiger partial charge on any atom is -0.494 e. The topological polar surface area (TPSA) is 117 Å². The van der Waals surface area contributed by atoms with Gasteiger partial charge in [0.15, 0.2) is 0 Å². The van der Waals surface area contributed by atoms with E-state index in [0.717, 1.165) is 15.7 Å². The average molecular weight is 463 g/mol. The molecule has 34 heavy (non-hydrogen) atoms. The number of hydrazone groups is 1. The molecule has 0 saturated heterocycles. The molecule has 1 atom stereocenters. The van der Waals surface area contributed by atoms with Crippen LogP contribution in [0.3, 0.4) is 0 Å². The summed E-state index contributed by atoms with van der Waals surface area (Å²) < 4.78 is 6.58. The summed E-state index contributed by atoms with van der Waals surface area (Å²) >= 11 is 0. The Morgan fingerprint density at radius 2 is 1.82 bits per heavy atom. The number of ether oxygens (including phenoxy) is 1. The van der Waals surface area contributed by atoms with Gasteiger partial charge in [0.25, 0.3) is 5.56 Å². The van der Waals surface area contributed by atoms with E-state index in [9.17, 15) is 19.5 Å². The van der Waals surface area contributed by atoms with Gasteiger partial charge in [0.05, 0.1) is 24.9 Å². The Bertz CT molecular complexity index is 1330.